The Hall–Kier alpha value is -2.69. The fourth-order valence-corrected chi connectivity index (χ4v) is 2.08. The average Bonchev–Trinajstić information content (AvgIpc) is 2.60. The SMILES string of the molecule is COc1ccc(OCCNC(=O)CN(C)c2ccccc2)cc1. The van der Waals surface area contributed by atoms with Gasteiger partial charge in [0.15, 0.2) is 0 Å². The molecule has 0 bridgehead atoms. The second-order valence-corrected chi connectivity index (χ2v) is 5.07. The van der Waals surface area contributed by atoms with Crippen LogP contribution in [0.2, 0.25) is 0 Å². The van der Waals surface area contributed by atoms with Crippen molar-refractivity contribution in [3.63, 3.8) is 0 Å². The number of rotatable bonds is 8. The Morgan fingerprint density at radius 2 is 1.70 bits per heavy atom. The summed E-state index contributed by atoms with van der Waals surface area (Å²) in [5, 5.41) is 2.85. The second-order valence-electron chi connectivity index (χ2n) is 5.07. The van der Waals surface area contributed by atoms with E-state index in [2.05, 4.69) is 5.32 Å². The molecular weight excluding hydrogens is 292 g/mol. The molecule has 5 heteroatoms. The van der Waals surface area contributed by atoms with Gasteiger partial charge >= 0.3 is 0 Å². The van der Waals surface area contributed by atoms with E-state index >= 15 is 0 Å². The van der Waals surface area contributed by atoms with Gasteiger partial charge in [-0.25, -0.2) is 0 Å². The molecule has 0 atom stereocenters. The van der Waals surface area contributed by atoms with Gasteiger partial charge in [-0.1, -0.05) is 18.2 Å². The summed E-state index contributed by atoms with van der Waals surface area (Å²) in [4.78, 5) is 13.8. The van der Waals surface area contributed by atoms with Crippen molar-refractivity contribution in [3.8, 4) is 11.5 Å². The van der Waals surface area contributed by atoms with Crippen LogP contribution in [0.4, 0.5) is 5.69 Å². The highest BCUT2D eigenvalue weighted by Crippen LogP contribution is 2.16. The molecule has 0 spiro atoms. The van der Waals surface area contributed by atoms with E-state index in [1.54, 1.807) is 7.11 Å². The number of likely N-dealkylation sites (N-methyl/N-ethyl adjacent to an activating group) is 1. The third-order valence-electron chi connectivity index (χ3n) is 3.33. The highest BCUT2D eigenvalue weighted by Gasteiger charge is 2.06. The van der Waals surface area contributed by atoms with Crippen LogP contribution >= 0.6 is 0 Å². The number of nitrogens with zero attached hydrogens (tertiary/aromatic N) is 1. The lowest BCUT2D eigenvalue weighted by molar-refractivity contribution is -0.119. The first-order chi connectivity index (χ1) is 11.2. The minimum atomic E-state index is -0.0327. The van der Waals surface area contributed by atoms with E-state index in [1.807, 2.05) is 66.5 Å². The number of benzene rings is 2. The first-order valence-electron chi connectivity index (χ1n) is 7.49. The molecule has 0 aliphatic carbocycles. The van der Waals surface area contributed by atoms with Crippen molar-refractivity contribution < 1.29 is 14.3 Å². The maximum atomic E-state index is 11.9. The van der Waals surface area contributed by atoms with E-state index in [9.17, 15) is 4.79 Å². The summed E-state index contributed by atoms with van der Waals surface area (Å²) in [6, 6.07) is 17.1. The number of para-hydroxylation sites is 1. The number of amides is 1. The summed E-state index contributed by atoms with van der Waals surface area (Å²) < 4.78 is 10.6. The number of nitrogens with one attached hydrogen (secondary N) is 1. The molecule has 0 radical (unpaired) electrons. The number of methoxy groups -OCH3 is 1. The predicted molar refractivity (Wildman–Crippen MR) is 91.2 cm³/mol. The van der Waals surface area contributed by atoms with Crippen molar-refractivity contribution in [1.82, 2.24) is 5.32 Å². The minimum Gasteiger partial charge on any atom is -0.497 e. The molecule has 2 aromatic carbocycles. The monoisotopic (exact) mass is 314 g/mol. The lowest BCUT2D eigenvalue weighted by atomic mass is 10.3. The molecule has 0 saturated heterocycles. The van der Waals surface area contributed by atoms with Crippen LogP contribution in [0.5, 0.6) is 11.5 Å². The predicted octanol–water partition coefficient (Wildman–Crippen LogP) is 2.33. The van der Waals surface area contributed by atoms with E-state index in [1.165, 1.54) is 0 Å². The second kappa shape index (κ2) is 8.68. The standard InChI is InChI=1S/C18H22N2O3/c1-20(15-6-4-3-5-7-15)14-18(21)19-12-13-23-17-10-8-16(22-2)9-11-17/h3-11H,12-14H2,1-2H3,(H,19,21). The number of carbonyl (C=O) groups excluding carboxylic acids is 1. The topological polar surface area (TPSA) is 50.8 Å². The number of carbonyl (C=O) groups is 1. The minimum absolute atomic E-state index is 0.0327. The van der Waals surface area contributed by atoms with Gasteiger partial charge in [0.1, 0.15) is 18.1 Å². The Kier molecular flexibility index (Phi) is 6.29. The van der Waals surface area contributed by atoms with Crippen LogP contribution in [-0.2, 0) is 4.79 Å². The Morgan fingerprint density at radius 1 is 1.04 bits per heavy atom. The van der Waals surface area contributed by atoms with Gasteiger partial charge in [0.25, 0.3) is 0 Å². The van der Waals surface area contributed by atoms with E-state index in [-0.39, 0.29) is 5.91 Å². The van der Waals surface area contributed by atoms with Crippen LogP contribution in [0.3, 0.4) is 0 Å². The van der Waals surface area contributed by atoms with Gasteiger partial charge in [0.05, 0.1) is 20.2 Å². The third kappa shape index (κ3) is 5.54. The smallest absolute Gasteiger partial charge is 0.239 e. The zero-order chi connectivity index (χ0) is 16.5. The zero-order valence-corrected chi connectivity index (χ0v) is 13.5. The van der Waals surface area contributed by atoms with Gasteiger partial charge < -0.3 is 19.7 Å². The molecule has 1 N–H and O–H groups in total. The normalized spacial score (nSPS) is 10.0. The lowest BCUT2D eigenvalue weighted by Crippen LogP contribution is -2.37. The van der Waals surface area contributed by atoms with Crippen molar-refractivity contribution in [2.75, 3.05) is 38.8 Å². The maximum absolute atomic E-state index is 11.9. The summed E-state index contributed by atoms with van der Waals surface area (Å²) >= 11 is 0. The van der Waals surface area contributed by atoms with Gasteiger partial charge in [-0.15, -0.1) is 0 Å². The highest BCUT2D eigenvalue weighted by molar-refractivity contribution is 5.81. The Bertz CT molecular complexity index is 599. The summed E-state index contributed by atoms with van der Waals surface area (Å²) in [7, 11) is 3.51. The number of hydrogen-bond acceptors (Lipinski definition) is 4. The van der Waals surface area contributed by atoms with Crippen molar-refractivity contribution >= 4 is 11.6 Å². The molecular formula is C18H22N2O3. The lowest BCUT2D eigenvalue weighted by Gasteiger charge is -2.18. The first kappa shape index (κ1) is 16.7. The first-order valence-corrected chi connectivity index (χ1v) is 7.49. The molecule has 0 aromatic heterocycles. The van der Waals surface area contributed by atoms with Gasteiger partial charge in [-0.3, -0.25) is 4.79 Å². The molecule has 0 unspecified atom stereocenters. The van der Waals surface area contributed by atoms with Gasteiger partial charge in [0, 0.05) is 12.7 Å². The van der Waals surface area contributed by atoms with Crippen LogP contribution in [0.1, 0.15) is 0 Å². The summed E-state index contributed by atoms with van der Waals surface area (Å²) in [5.74, 6) is 1.51. The number of hydrogen-bond donors (Lipinski definition) is 1. The number of ether oxygens (including phenoxy) is 2. The Morgan fingerprint density at radius 3 is 2.35 bits per heavy atom. The van der Waals surface area contributed by atoms with Gasteiger partial charge in [-0.2, -0.15) is 0 Å². The molecule has 0 aliphatic heterocycles. The third-order valence-corrected chi connectivity index (χ3v) is 3.33. The summed E-state index contributed by atoms with van der Waals surface area (Å²) in [5.41, 5.74) is 1.01. The number of anilines is 1. The molecule has 0 fully saturated rings. The van der Waals surface area contributed by atoms with Gasteiger partial charge in [0.2, 0.25) is 5.91 Å². The van der Waals surface area contributed by atoms with Crippen LogP contribution in [0, 0.1) is 0 Å². The van der Waals surface area contributed by atoms with Crippen LogP contribution in [0.25, 0.3) is 0 Å². The van der Waals surface area contributed by atoms with Crippen molar-refractivity contribution in [1.29, 1.82) is 0 Å². The molecule has 2 aromatic rings. The molecule has 0 aliphatic rings. The van der Waals surface area contributed by atoms with E-state index in [0.717, 1.165) is 17.2 Å². The van der Waals surface area contributed by atoms with Crippen LogP contribution in [-0.4, -0.2) is 39.8 Å². The van der Waals surface area contributed by atoms with E-state index in [0.29, 0.717) is 19.7 Å². The van der Waals surface area contributed by atoms with Crippen molar-refractivity contribution in [3.05, 3.63) is 54.6 Å². The Balaban J connectivity index is 1.66. The fraction of sp³-hybridized carbons (Fsp3) is 0.278. The molecule has 1 amide bonds. The zero-order valence-electron chi connectivity index (χ0n) is 13.5. The largest absolute Gasteiger partial charge is 0.497 e. The maximum Gasteiger partial charge on any atom is 0.239 e. The van der Waals surface area contributed by atoms with Crippen molar-refractivity contribution in [2.24, 2.45) is 0 Å². The highest BCUT2D eigenvalue weighted by atomic mass is 16.5. The van der Waals surface area contributed by atoms with Crippen LogP contribution < -0.4 is 19.7 Å². The molecule has 0 heterocycles. The molecule has 5 nitrogen and oxygen atoms in total. The Labute approximate surface area is 136 Å². The molecule has 2 rings (SSSR count). The molecule has 23 heavy (non-hydrogen) atoms. The fourth-order valence-electron chi connectivity index (χ4n) is 2.08. The summed E-state index contributed by atoms with van der Waals surface area (Å²) in [6.45, 7) is 1.20. The average molecular weight is 314 g/mol. The van der Waals surface area contributed by atoms with E-state index in [4.69, 9.17) is 9.47 Å². The van der Waals surface area contributed by atoms with Crippen LogP contribution in [0.15, 0.2) is 54.6 Å². The molecule has 0 saturated carbocycles. The molecule has 122 valence electrons. The quantitative estimate of drug-likeness (QED) is 0.760. The van der Waals surface area contributed by atoms with Gasteiger partial charge in [-0.05, 0) is 36.4 Å². The van der Waals surface area contributed by atoms with E-state index < -0.39 is 0 Å². The summed E-state index contributed by atoms with van der Waals surface area (Å²) in [6.07, 6.45) is 0. The van der Waals surface area contributed by atoms with Crippen molar-refractivity contribution in [2.45, 2.75) is 0 Å².